The predicted molar refractivity (Wildman–Crippen MR) is 29.3 cm³/mol. The number of ether oxygens (including phenoxy) is 1. The number of aromatic nitrogens is 1. The molecule has 0 spiro atoms. The number of fused-ring (bicyclic) bond motifs is 1. The molecule has 0 atom stereocenters. The van der Waals surface area contributed by atoms with Crippen LogP contribution in [0.25, 0.3) is 0 Å². The van der Waals surface area contributed by atoms with E-state index in [0.29, 0.717) is 0 Å². The number of nitrogens with one attached hydrogen (secondary N) is 1. The lowest BCUT2D eigenvalue weighted by atomic mass is 10.2. The van der Waals surface area contributed by atoms with Crippen molar-refractivity contribution >= 4 is 0 Å². The number of hydrogen-bond donors (Lipinski definition) is 1. The van der Waals surface area contributed by atoms with Crippen molar-refractivity contribution in [3.05, 3.63) is 23.5 Å². The van der Waals surface area contributed by atoms with Crippen LogP contribution in [0.3, 0.4) is 0 Å². The maximum absolute atomic E-state index is 5.13. The van der Waals surface area contributed by atoms with Gasteiger partial charge in [0, 0.05) is 23.5 Å². The van der Waals surface area contributed by atoms with E-state index in [2.05, 4.69) is 4.98 Å². The van der Waals surface area contributed by atoms with E-state index in [1.54, 1.807) is 0 Å². The molecule has 0 fully saturated rings. The van der Waals surface area contributed by atoms with Gasteiger partial charge in [0.1, 0.15) is 0 Å². The van der Waals surface area contributed by atoms with E-state index >= 15 is 0 Å². The molecule has 0 bridgehead atoms. The first-order valence-corrected chi connectivity index (χ1v) is 2.69. The Labute approximate surface area is 47.5 Å². The largest absolute Gasteiger partial charge is 0.372 e. The molecule has 1 aromatic rings. The maximum Gasteiger partial charge on any atom is 0.0739 e. The van der Waals surface area contributed by atoms with Gasteiger partial charge in [0.15, 0.2) is 0 Å². The first kappa shape index (κ1) is 4.15. The molecule has 0 aromatic carbocycles. The van der Waals surface area contributed by atoms with E-state index in [-0.39, 0.29) is 0 Å². The molecule has 0 saturated carbocycles. The quantitative estimate of drug-likeness (QED) is 0.529. The van der Waals surface area contributed by atoms with E-state index in [9.17, 15) is 0 Å². The van der Waals surface area contributed by atoms with E-state index in [1.165, 1.54) is 11.1 Å². The number of rotatable bonds is 0. The Kier molecular flexibility index (Phi) is 0.704. The lowest BCUT2D eigenvalue weighted by molar-refractivity contribution is 0.133. The minimum atomic E-state index is 0.791. The molecule has 1 aliphatic rings. The van der Waals surface area contributed by atoms with Crippen LogP contribution in [-0.4, -0.2) is 4.98 Å². The number of aromatic amines is 1. The highest BCUT2D eigenvalue weighted by atomic mass is 16.5. The second kappa shape index (κ2) is 1.36. The standard InChI is InChI=1S/C6H7NO/c1-5-3-8-4-6(5)2-7-1/h1-2,7H,3-4H2. The van der Waals surface area contributed by atoms with Gasteiger partial charge in [0.25, 0.3) is 0 Å². The fraction of sp³-hybridized carbons (Fsp3) is 0.333. The Morgan fingerprint density at radius 3 is 2.50 bits per heavy atom. The molecule has 42 valence electrons. The van der Waals surface area contributed by atoms with Crippen molar-refractivity contribution in [3.63, 3.8) is 0 Å². The van der Waals surface area contributed by atoms with Crippen molar-refractivity contribution in [2.75, 3.05) is 0 Å². The minimum Gasteiger partial charge on any atom is -0.372 e. The van der Waals surface area contributed by atoms with E-state index in [1.807, 2.05) is 12.4 Å². The fourth-order valence-corrected chi connectivity index (χ4v) is 0.968. The van der Waals surface area contributed by atoms with Crippen LogP contribution < -0.4 is 0 Å². The summed E-state index contributed by atoms with van der Waals surface area (Å²) in [5.74, 6) is 0. The van der Waals surface area contributed by atoms with E-state index in [4.69, 9.17) is 4.74 Å². The van der Waals surface area contributed by atoms with E-state index < -0.39 is 0 Å². The third-order valence-corrected chi connectivity index (χ3v) is 1.44. The van der Waals surface area contributed by atoms with Crippen LogP contribution in [0.1, 0.15) is 11.1 Å². The van der Waals surface area contributed by atoms with Gasteiger partial charge in [0.2, 0.25) is 0 Å². The monoisotopic (exact) mass is 109 g/mol. The molecule has 0 aliphatic carbocycles. The van der Waals surface area contributed by atoms with Gasteiger partial charge in [-0.1, -0.05) is 0 Å². The molecule has 0 saturated heterocycles. The molecule has 1 aromatic heterocycles. The maximum atomic E-state index is 5.13. The Morgan fingerprint density at radius 2 is 1.88 bits per heavy atom. The second-order valence-electron chi connectivity index (χ2n) is 2.00. The first-order valence-electron chi connectivity index (χ1n) is 2.69. The van der Waals surface area contributed by atoms with Gasteiger partial charge < -0.3 is 9.72 Å². The summed E-state index contributed by atoms with van der Waals surface area (Å²) in [6, 6.07) is 0. The highest BCUT2D eigenvalue weighted by molar-refractivity contribution is 5.23. The van der Waals surface area contributed by atoms with Crippen molar-refractivity contribution in [1.82, 2.24) is 4.98 Å². The molecule has 0 radical (unpaired) electrons. The molecule has 1 N–H and O–H groups in total. The Morgan fingerprint density at radius 1 is 1.25 bits per heavy atom. The summed E-state index contributed by atoms with van der Waals surface area (Å²) < 4.78 is 5.13. The van der Waals surface area contributed by atoms with Crippen molar-refractivity contribution in [3.8, 4) is 0 Å². The lowest BCUT2D eigenvalue weighted by Crippen LogP contribution is -1.74. The molecule has 0 amide bonds. The van der Waals surface area contributed by atoms with Crippen molar-refractivity contribution in [2.24, 2.45) is 0 Å². The summed E-state index contributed by atoms with van der Waals surface area (Å²) in [5, 5.41) is 0. The lowest BCUT2D eigenvalue weighted by Gasteiger charge is -1.82. The highest BCUT2D eigenvalue weighted by Crippen LogP contribution is 2.17. The SMILES string of the molecule is c1[nH]cc2c1COC2. The smallest absolute Gasteiger partial charge is 0.0739 e. The van der Waals surface area contributed by atoms with Crippen LogP contribution in [-0.2, 0) is 18.0 Å². The zero-order valence-corrected chi connectivity index (χ0v) is 4.48. The summed E-state index contributed by atoms with van der Waals surface area (Å²) in [5.41, 5.74) is 2.62. The first-order chi connectivity index (χ1) is 3.97. The molecule has 0 unspecified atom stereocenters. The van der Waals surface area contributed by atoms with Gasteiger partial charge in [-0.2, -0.15) is 0 Å². The normalized spacial score (nSPS) is 16.5. The zero-order valence-electron chi connectivity index (χ0n) is 4.48. The average molecular weight is 109 g/mol. The van der Waals surface area contributed by atoms with Gasteiger partial charge in [-0.25, -0.2) is 0 Å². The van der Waals surface area contributed by atoms with E-state index in [0.717, 1.165) is 13.2 Å². The summed E-state index contributed by atoms with van der Waals surface area (Å²) >= 11 is 0. The van der Waals surface area contributed by atoms with Crippen LogP contribution in [0.15, 0.2) is 12.4 Å². The molecule has 8 heavy (non-hydrogen) atoms. The highest BCUT2D eigenvalue weighted by Gasteiger charge is 2.09. The van der Waals surface area contributed by atoms with Crippen molar-refractivity contribution < 1.29 is 4.74 Å². The van der Waals surface area contributed by atoms with Crippen LogP contribution >= 0.6 is 0 Å². The van der Waals surface area contributed by atoms with Crippen molar-refractivity contribution in [1.29, 1.82) is 0 Å². The number of hydrogen-bond acceptors (Lipinski definition) is 1. The van der Waals surface area contributed by atoms with Crippen LogP contribution in [0.2, 0.25) is 0 Å². The van der Waals surface area contributed by atoms with Crippen molar-refractivity contribution in [2.45, 2.75) is 13.2 Å². The Hall–Kier alpha value is -0.760. The van der Waals surface area contributed by atoms with Gasteiger partial charge in [0.05, 0.1) is 13.2 Å². The third kappa shape index (κ3) is 0.406. The van der Waals surface area contributed by atoms with Crippen LogP contribution in [0.5, 0.6) is 0 Å². The van der Waals surface area contributed by atoms with Gasteiger partial charge >= 0.3 is 0 Å². The molecule has 2 heteroatoms. The molecule has 1 aliphatic heterocycles. The molecule has 2 rings (SSSR count). The molecule has 2 heterocycles. The van der Waals surface area contributed by atoms with Gasteiger partial charge in [-0.15, -0.1) is 0 Å². The summed E-state index contributed by atoms with van der Waals surface area (Å²) in [4.78, 5) is 3.02. The Balaban J connectivity index is 2.54. The zero-order chi connectivity index (χ0) is 5.40. The fourth-order valence-electron chi connectivity index (χ4n) is 0.968. The topological polar surface area (TPSA) is 25.0 Å². The third-order valence-electron chi connectivity index (χ3n) is 1.44. The molecule has 2 nitrogen and oxygen atoms in total. The van der Waals surface area contributed by atoms with Gasteiger partial charge in [-0.05, 0) is 0 Å². The summed E-state index contributed by atoms with van der Waals surface area (Å²) in [6.07, 6.45) is 3.98. The van der Waals surface area contributed by atoms with Gasteiger partial charge in [-0.3, -0.25) is 0 Å². The predicted octanol–water partition coefficient (Wildman–Crippen LogP) is 1.04. The Bertz CT molecular complexity index is 174. The average Bonchev–Trinajstić information content (AvgIpc) is 2.15. The van der Waals surface area contributed by atoms with Crippen LogP contribution in [0, 0.1) is 0 Å². The van der Waals surface area contributed by atoms with Crippen LogP contribution in [0.4, 0.5) is 0 Å². The summed E-state index contributed by atoms with van der Waals surface area (Å²) in [6.45, 7) is 1.58. The minimum absolute atomic E-state index is 0.791. The molecular formula is C6H7NO. The molecular weight excluding hydrogens is 102 g/mol. The second-order valence-corrected chi connectivity index (χ2v) is 2.00. The number of H-pyrrole nitrogens is 1. The summed E-state index contributed by atoms with van der Waals surface area (Å²) in [7, 11) is 0.